The third-order valence-electron chi connectivity index (χ3n) is 3.08. The van der Waals surface area contributed by atoms with E-state index in [0.717, 1.165) is 5.56 Å². The molecule has 130 valence electrons. The van der Waals surface area contributed by atoms with Crippen LogP contribution in [0.25, 0.3) is 0 Å². The molecule has 0 amide bonds. The topological polar surface area (TPSA) is 54.0 Å². The molecule has 0 radical (unpaired) electrons. The molecule has 0 aliphatic rings. The summed E-state index contributed by atoms with van der Waals surface area (Å²) in [5.74, 6) is 1.01. The van der Waals surface area contributed by atoms with Crippen LogP contribution < -0.4 is 14.2 Å². The normalized spacial score (nSPS) is 11.8. The Morgan fingerprint density at radius 3 is 1.78 bits per heavy atom. The van der Waals surface area contributed by atoms with Crippen molar-refractivity contribution in [3.63, 3.8) is 0 Å². The van der Waals surface area contributed by atoms with E-state index in [0.29, 0.717) is 17.2 Å². The number of hydrogen-bond donors (Lipinski definition) is 0. The molecular formula is C18H28O5. The largest absolute Gasteiger partial charge is 0.493 e. The Hall–Kier alpha value is -1.91. The predicted octanol–water partition coefficient (Wildman–Crippen LogP) is 3.72. The molecule has 0 aliphatic carbocycles. The second kappa shape index (κ2) is 7.11. The molecule has 0 unspecified atom stereocenters. The van der Waals surface area contributed by atoms with E-state index >= 15 is 0 Å². The van der Waals surface area contributed by atoms with Crippen LogP contribution >= 0.6 is 0 Å². The first-order valence-electron chi connectivity index (χ1n) is 7.59. The summed E-state index contributed by atoms with van der Waals surface area (Å²) >= 11 is 0. The van der Waals surface area contributed by atoms with Crippen molar-refractivity contribution >= 4 is 5.97 Å². The smallest absolute Gasteiger partial charge is 0.344 e. The van der Waals surface area contributed by atoms with Crippen LogP contribution in [-0.4, -0.2) is 32.4 Å². The zero-order valence-corrected chi connectivity index (χ0v) is 15.4. The van der Waals surface area contributed by atoms with Gasteiger partial charge in [0.05, 0.1) is 14.2 Å². The number of benzene rings is 1. The van der Waals surface area contributed by atoms with E-state index in [4.69, 9.17) is 18.9 Å². The molecule has 0 fully saturated rings. The zero-order chi connectivity index (χ0) is 17.8. The first-order chi connectivity index (χ1) is 10.5. The second-order valence-electron chi connectivity index (χ2n) is 7.34. The molecule has 23 heavy (non-hydrogen) atoms. The maximum Gasteiger partial charge on any atom is 0.344 e. The number of carbonyl (C=O) groups is 1. The number of esters is 1. The highest BCUT2D eigenvalue weighted by atomic mass is 16.6. The van der Waals surface area contributed by atoms with Gasteiger partial charge in [0.15, 0.2) is 18.1 Å². The second-order valence-corrected chi connectivity index (χ2v) is 7.34. The lowest BCUT2D eigenvalue weighted by Gasteiger charge is -2.23. The summed E-state index contributed by atoms with van der Waals surface area (Å²) in [5.41, 5.74) is 0.436. The predicted molar refractivity (Wildman–Crippen MR) is 89.6 cm³/mol. The van der Waals surface area contributed by atoms with Crippen LogP contribution in [0.2, 0.25) is 0 Å². The Balaban J connectivity index is 3.04. The molecule has 1 aromatic carbocycles. The summed E-state index contributed by atoms with van der Waals surface area (Å²) in [6.07, 6.45) is 0. The Morgan fingerprint density at radius 1 is 0.957 bits per heavy atom. The van der Waals surface area contributed by atoms with Gasteiger partial charge >= 0.3 is 5.97 Å². The first kappa shape index (κ1) is 19.1. The number of rotatable bonds is 5. The van der Waals surface area contributed by atoms with E-state index in [9.17, 15) is 4.79 Å². The number of methoxy groups -OCH3 is 2. The minimum atomic E-state index is -0.551. The lowest BCUT2D eigenvalue weighted by Crippen LogP contribution is -2.27. The van der Waals surface area contributed by atoms with E-state index < -0.39 is 11.6 Å². The van der Waals surface area contributed by atoms with E-state index in [-0.39, 0.29) is 12.0 Å². The highest BCUT2D eigenvalue weighted by Gasteiger charge is 2.23. The van der Waals surface area contributed by atoms with Gasteiger partial charge in [0, 0.05) is 0 Å². The van der Waals surface area contributed by atoms with Crippen LogP contribution in [0.15, 0.2) is 12.1 Å². The molecule has 0 aliphatic heterocycles. The van der Waals surface area contributed by atoms with Gasteiger partial charge in [-0.3, -0.25) is 0 Å². The fraction of sp³-hybridized carbons (Fsp3) is 0.611. The minimum absolute atomic E-state index is 0.0652. The standard InChI is InChI=1S/C18H28O5/c1-17(2,3)12-9-13(20-7)16(14(10-12)21-8)22-11-15(19)23-18(4,5)6/h9-10H,11H2,1-8H3. The van der Waals surface area contributed by atoms with E-state index in [1.165, 1.54) is 0 Å². The number of carbonyl (C=O) groups excluding carboxylic acids is 1. The van der Waals surface area contributed by atoms with Gasteiger partial charge in [0.1, 0.15) is 5.60 Å². The lowest BCUT2D eigenvalue weighted by molar-refractivity contribution is -0.157. The molecule has 0 N–H and O–H groups in total. The molecule has 0 aromatic heterocycles. The summed E-state index contributed by atoms with van der Waals surface area (Å²) in [6, 6.07) is 3.79. The van der Waals surface area contributed by atoms with Crippen molar-refractivity contribution in [1.29, 1.82) is 0 Å². The molecule has 0 heterocycles. The quantitative estimate of drug-likeness (QED) is 0.773. The van der Waals surface area contributed by atoms with Gasteiger partial charge in [0.2, 0.25) is 5.75 Å². The molecule has 5 heteroatoms. The van der Waals surface area contributed by atoms with Crippen LogP contribution in [0, 0.1) is 0 Å². The van der Waals surface area contributed by atoms with Crippen LogP contribution in [0.1, 0.15) is 47.1 Å². The fourth-order valence-corrected chi connectivity index (χ4v) is 1.96. The van der Waals surface area contributed by atoms with Crippen LogP contribution in [0.4, 0.5) is 0 Å². The minimum Gasteiger partial charge on any atom is -0.493 e. The Bertz CT molecular complexity index is 525. The molecule has 1 rings (SSSR count). The van der Waals surface area contributed by atoms with Gasteiger partial charge in [-0.15, -0.1) is 0 Å². The van der Waals surface area contributed by atoms with Crippen molar-refractivity contribution in [2.75, 3.05) is 20.8 Å². The van der Waals surface area contributed by atoms with Gasteiger partial charge in [-0.2, -0.15) is 0 Å². The van der Waals surface area contributed by atoms with Crippen molar-refractivity contribution in [2.24, 2.45) is 0 Å². The van der Waals surface area contributed by atoms with Crippen molar-refractivity contribution in [3.05, 3.63) is 17.7 Å². The zero-order valence-electron chi connectivity index (χ0n) is 15.4. The van der Waals surface area contributed by atoms with E-state index in [1.54, 1.807) is 14.2 Å². The average molecular weight is 324 g/mol. The van der Waals surface area contributed by atoms with Gasteiger partial charge in [-0.25, -0.2) is 4.79 Å². The number of hydrogen-bond acceptors (Lipinski definition) is 5. The third kappa shape index (κ3) is 5.66. The summed E-state index contributed by atoms with van der Waals surface area (Å²) < 4.78 is 21.6. The van der Waals surface area contributed by atoms with Crippen LogP contribution in [-0.2, 0) is 14.9 Å². The van der Waals surface area contributed by atoms with Crippen LogP contribution in [0.3, 0.4) is 0 Å². The van der Waals surface area contributed by atoms with Crippen LogP contribution in [0.5, 0.6) is 17.2 Å². The SMILES string of the molecule is COc1cc(C(C)(C)C)cc(OC)c1OCC(=O)OC(C)(C)C. The van der Waals surface area contributed by atoms with Crippen molar-refractivity contribution in [1.82, 2.24) is 0 Å². The Kier molecular flexibility index (Phi) is 5.92. The summed E-state index contributed by atoms with van der Waals surface area (Å²) in [7, 11) is 3.11. The first-order valence-corrected chi connectivity index (χ1v) is 7.59. The fourth-order valence-electron chi connectivity index (χ4n) is 1.96. The van der Waals surface area contributed by atoms with Gasteiger partial charge in [-0.05, 0) is 43.9 Å². The highest BCUT2D eigenvalue weighted by molar-refractivity contribution is 5.72. The van der Waals surface area contributed by atoms with Crippen molar-refractivity contribution < 1.29 is 23.7 Å². The maximum atomic E-state index is 11.8. The number of ether oxygens (including phenoxy) is 4. The average Bonchev–Trinajstić information content (AvgIpc) is 2.41. The van der Waals surface area contributed by atoms with E-state index in [1.807, 2.05) is 32.9 Å². The highest BCUT2D eigenvalue weighted by Crippen LogP contribution is 2.41. The van der Waals surface area contributed by atoms with Crippen molar-refractivity contribution in [2.45, 2.75) is 52.6 Å². The van der Waals surface area contributed by atoms with Gasteiger partial charge in [-0.1, -0.05) is 20.8 Å². The molecule has 0 bridgehead atoms. The molecule has 1 aromatic rings. The molecule has 0 spiro atoms. The van der Waals surface area contributed by atoms with Gasteiger partial charge < -0.3 is 18.9 Å². The van der Waals surface area contributed by atoms with E-state index in [2.05, 4.69) is 20.8 Å². The molecule has 5 nitrogen and oxygen atoms in total. The third-order valence-corrected chi connectivity index (χ3v) is 3.08. The van der Waals surface area contributed by atoms with Crippen molar-refractivity contribution in [3.8, 4) is 17.2 Å². The summed E-state index contributed by atoms with van der Waals surface area (Å²) in [6.45, 7) is 11.5. The molecular weight excluding hydrogens is 296 g/mol. The Labute approximate surface area is 138 Å². The maximum absolute atomic E-state index is 11.8. The summed E-state index contributed by atoms with van der Waals surface area (Å²) in [4.78, 5) is 11.8. The molecule has 0 saturated carbocycles. The lowest BCUT2D eigenvalue weighted by atomic mass is 9.86. The molecule has 0 atom stereocenters. The van der Waals surface area contributed by atoms with Gasteiger partial charge in [0.25, 0.3) is 0 Å². The summed E-state index contributed by atoms with van der Waals surface area (Å²) in [5, 5.41) is 0. The molecule has 0 saturated heterocycles. The monoisotopic (exact) mass is 324 g/mol. The Morgan fingerprint density at radius 2 is 1.43 bits per heavy atom.